The summed E-state index contributed by atoms with van der Waals surface area (Å²) >= 11 is 0. The Morgan fingerprint density at radius 3 is 2.67 bits per heavy atom. The summed E-state index contributed by atoms with van der Waals surface area (Å²) in [6, 6.07) is 10.5. The molecule has 1 fully saturated rings. The zero-order valence-corrected chi connectivity index (χ0v) is 12.2. The summed E-state index contributed by atoms with van der Waals surface area (Å²) in [6.07, 6.45) is 4.92. The maximum atomic E-state index is 5.42. The summed E-state index contributed by atoms with van der Waals surface area (Å²) in [6.45, 7) is 7.98. The molecule has 0 saturated carbocycles. The largest absolute Gasteiger partial charge is 0.378 e. The van der Waals surface area contributed by atoms with E-state index in [4.69, 9.17) is 9.72 Å². The van der Waals surface area contributed by atoms with Crippen LogP contribution in [0.15, 0.2) is 49.2 Å². The van der Waals surface area contributed by atoms with Crippen molar-refractivity contribution < 1.29 is 4.74 Å². The number of ether oxygens (including phenoxy) is 1. The molecule has 21 heavy (non-hydrogen) atoms. The molecule has 0 atom stereocenters. The van der Waals surface area contributed by atoms with Crippen molar-refractivity contribution in [2.75, 3.05) is 31.2 Å². The number of aromatic nitrogens is 2. The molecule has 2 aromatic rings. The van der Waals surface area contributed by atoms with E-state index in [1.54, 1.807) is 0 Å². The van der Waals surface area contributed by atoms with Gasteiger partial charge in [-0.05, 0) is 5.56 Å². The van der Waals surface area contributed by atoms with Crippen molar-refractivity contribution in [1.29, 1.82) is 0 Å². The van der Waals surface area contributed by atoms with Crippen molar-refractivity contribution in [1.82, 2.24) is 9.55 Å². The smallest absolute Gasteiger partial charge is 0.206 e. The summed E-state index contributed by atoms with van der Waals surface area (Å²) < 4.78 is 7.60. The van der Waals surface area contributed by atoms with Crippen molar-refractivity contribution in [3.8, 4) is 0 Å². The molecule has 0 radical (unpaired) electrons. The fourth-order valence-electron chi connectivity index (χ4n) is 2.64. The van der Waals surface area contributed by atoms with Crippen molar-refractivity contribution in [2.24, 2.45) is 0 Å². The molecule has 1 aromatic heterocycles. The van der Waals surface area contributed by atoms with Crippen LogP contribution in [0.1, 0.15) is 11.3 Å². The van der Waals surface area contributed by atoms with Crippen LogP contribution in [0.25, 0.3) is 0 Å². The number of imidazole rings is 1. The van der Waals surface area contributed by atoms with E-state index in [1.165, 1.54) is 5.56 Å². The van der Waals surface area contributed by atoms with Crippen LogP contribution in [0.2, 0.25) is 0 Å². The summed E-state index contributed by atoms with van der Waals surface area (Å²) in [7, 11) is 0. The van der Waals surface area contributed by atoms with Gasteiger partial charge in [0.25, 0.3) is 0 Å². The minimum Gasteiger partial charge on any atom is -0.378 e. The zero-order chi connectivity index (χ0) is 14.5. The molecule has 0 N–H and O–H groups in total. The van der Waals surface area contributed by atoms with Crippen LogP contribution >= 0.6 is 0 Å². The normalized spacial score (nSPS) is 15.1. The lowest BCUT2D eigenvalue weighted by Crippen LogP contribution is -2.37. The Kier molecular flexibility index (Phi) is 4.36. The predicted molar refractivity (Wildman–Crippen MR) is 84.7 cm³/mol. The maximum absolute atomic E-state index is 5.42. The van der Waals surface area contributed by atoms with Gasteiger partial charge in [-0.1, -0.05) is 36.4 Å². The number of morpholine rings is 1. The highest BCUT2D eigenvalue weighted by molar-refractivity contribution is 5.36. The van der Waals surface area contributed by atoms with Crippen molar-refractivity contribution in [2.45, 2.75) is 13.0 Å². The second kappa shape index (κ2) is 6.59. The van der Waals surface area contributed by atoms with Crippen LogP contribution in [-0.2, 0) is 17.7 Å². The molecule has 1 aliphatic heterocycles. The molecule has 1 aromatic carbocycles. The van der Waals surface area contributed by atoms with E-state index in [2.05, 4.69) is 46.5 Å². The van der Waals surface area contributed by atoms with E-state index >= 15 is 0 Å². The second-order valence-electron chi connectivity index (χ2n) is 5.24. The van der Waals surface area contributed by atoms with Gasteiger partial charge in [0.2, 0.25) is 5.95 Å². The third-order valence-corrected chi connectivity index (χ3v) is 3.65. The number of hydrogen-bond donors (Lipinski definition) is 0. The van der Waals surface area contributed by atoms with Gasteiger partial charge in [0.15, 0.2) is 0 Å². The monoisotopic (exact) mass is 283 g/mol. The molecular weight excluding hydrogens is 262 g/mol. The minimum atomic E-state index is 0.773. The summed E-state index contributed by atoms with van der Waals surface area (Å²) in [4.78, 5) is 7.13. The van der Waals surface area contributed by atoms with Crippen molar-refractivity contribution in [3.63, 3.8) is 0 Å². The molecule has 0 aliphatic carbocycles. The molecular formula is C17H21N3O. The minimum absolute atomic E-state index is 0.773. The molecule has 0 bridgehead atoms. The fraction of sp³-hybridized carbons (Fsp3) is 0.353. The highest BCUT2D eigenvalue weighted by Gasteiger charge is 2.17. The van der Waals surface area contributed by atoms with Gasteiger partial charge >= 0.3 is 0 Å². The number of nitrogens with zero attached hydrogens (tertiary/aromatic N) is 3. The molecule has 1 saturated heterocycles. The number of allylic oxidation sites excluding steroid dienone is 1. The third kappa shape index (κ3) is 3.34. The lowest BCUT2D eigenvalue weighted by molar-refractivity contribution is 0.121. The van der Waals surface area contributed by atoms with Crippen LogP contribution in [0.3, 0.4) is 0 Å². The Hall–Kier alpha value is -2.07. The molecule has 2 heterocycles. The highest BCUT2D eigenvalue weighted by Crippen LogP contribution is 2.18. The van der Waals surface area contributed by atoms with E-state index in [9.17, 15) is 0 Å². The first-order valence-corrected chi connectivity index (χ1v) is 7.40. The van der Waals surface area contributed by atoms with Gasteiger partial charge < -0.3 is 14.2 Å². The van der Waals surface area contributed by atoms with E-state index < -0.39 is 0 Å². The maximum Gasteiger partial charge on any atom is 0.206 e. The van der Waals surface area contributed by atoms with Crippen molar-refractivity contribution in [3.05, 3.63) is 60.4 Å². The molecule has 4 heteroatoms. The summed E-state index contributed by atoms with van der Waals surface area (Å²) in [5.41, 5.74) is 2.39. The van der Waals surface area contributed by atoms with Gasteiger partial charge in [-0.2, -0.15) is 0 Å². The number of benzene rings is 1. The second-order valence-corrected chi connectivity index (χ2v) is 5.24. The number of anilines is 1. The fourth-order valence-corrected chi connectivity index (χ4v) is 2.64. The number of rotatable bonds is 5. The van der Waals surface area contributed by atoms with Gasteiger partial charge in [0, 0.05) is 32.3 Å². The molecule has 3 rings (SSSR count). The van der Waals surface area contributed by atoms with Gasteiger partial charge in [0.1, 0.15) is 0 Å². The van der Waals surface area contributed by atoms with Gasteiger partial charge in [0.05, 0.1) is 18.9 Å². The average molecular weight is 283 g/mol. The van der Waals surface area contributed by atoms with Crippen LogP contribution in [-0.4, -0.2) is 35.9 Å². The van der Waals surface area contributed by atoms with Crippen LogP contribution < -0.4 is 4.90 Å². The first kappa shape index (κ1) is 13.9. The molecule has 1 aliphatic rings. The highest BCUT2D eigenvalue weighted by atomic mass is 16.5. The first-order valence-electron chi connectivity index (χ1n) is 7.40. The van der Waals surface area contributed by atoms with E-state index in [0.717, 1.165) is 50.9 Å². The van der Waals surface area contributed by atoms with Gasteiger partial charge in [-0.3, -0.25) is 0 Å². The molecule has 4 nitrogen and oxygen atoms in total. The SMILES string of the molecule is C=CCn1cc(Cc2ccccc2)nc1N1CCOCC1. The molecule has 110 valence electrons. The Bertz CT molecular complexity index is 585. The summed E-state index contributed by atoms with van der Waals surface area (Å²) in [5.74, 6) is 1.03. The summed E-state index contributed by atoms with van der Waals surface area (Å²) in [5, 5.41) is 0. The Labute approximate surface area is 125 Å². The standard InChI is InChI=1S/C17H21N3O/c1-2-8-20-14-16(13-15-6-4-3-5-7-15)18-17(20)19-9-11-21-12-10-19/h2-7,14H,1,8-13H2. The Balaban J connectivity index is 1.83. The van der Waals surface area contributed by atoms with Crippen LogP contribution in [0.4, 0.5) is 5.95 Å². The average Bonchev–Trinajstić information content (AvgIpc) is 2.92. The topological polar surface area (TPSA) is 30.3 Å². The van der Waals surface area contributed by atoms with Crippen molar-refractivity contribution >= 4 is 5.95 Å². The molecule has 0 spiro atoms. The Morgan fingerprint density at radius 1 is 1.19 bits per heavy atom. The number of hydrogen-bond acceptors (Lipinski definition) is 3. The lowest BCUT2D eigenvalue weighted by Gasteiger charge is -2.28. The van der Waals surface area contributed by atoms with Crippen LogP contribution in [0.5, 0.6) is 0 Å². The van der Waals surface area contributed by atoms with E-state index in [-0.39, 0.29) is 0 Å². The van der Waals surface area contributed by atoms with E-state index in [1.807, 2.05) is 12.1 Å². The van der Waals surface area contributed by atoms with Crippen LogP contribution in [0, 0.1) is 0 Å². The zero-order valence-electron chi connectivity index (χ0n) is 12.2. The van der Waals surface area contributed by atoms with Gasteiger partial charge in [-0.15, -0.1) is 6.58 Å². The predicted octanol–water partition coefficient (Wildman–Crippen LogP) is 2.50. The third-order valence-electron chi connectivity index (χ3n) is 3.65. The molecule has 0 amide bonds. The lowest BCUT2D eigenvalue weighted by atomic mass is 10.1. The molecule has 0 unspecified atom stereocenters. The Morgan fingerprint density at radius 2 is 1.95 bits per heavy atom. The quantitative estimate of drug-likeness (QED) is 0.790. The van der Waals surface area contributed by atoms with E-state index in [0.29, 0.717) is 0 Å². The first-order chi connectivity index (χ1) is 10.4. The van der Waals surface area contributed by atoms with Gasteiger partial charge in [-0.25, -0.2) is 4.98 Å².